The molecule has 2 aromatic carbocycles. The van der Waals surface area contributed by atoms with Gasteiger partial charge in [-0.05, 0) is 48.4 Å². The third kappa shape index (κ3) is 3.08. The van der Waals surface area contributed by atoms with E-state index in [9.17, 15) is 15.2 Å². The second-order valence-electron chi connectivity index (χ2n) is 6.81. The summed E-state index contributed by atoms with van der Waals surface area (Å²) in [5.74, 6) is 0.471. The molecule has 132 valence electrons. The molecule has 5 heteroatoms. The molecule has 1 heterocycles. The van der Waals surface area contributed by atoms with E-state index in [1.165, 1.54) is 6.07 Å². The number of nitro benzene ring substituents is 1. The maximum Gasteiger partial charge on any atom is 0.269 e. The number of para-hydroxylation sites is 1. The SMILES string of the molecule is O=[N+]([O-])c1cccc(Cc2cn(CC(O)=C3CCC3)c3ccccc23)c1. The number of aliphatic hydroxyl groups excluding tert-OH is 1. The highest BCUT2D eigenvalue weighted by Gasteiger charge is 2.16. The summed E-state index contributed by atoms with van der Waals surface area (Å²) in [6.45, 7) is 0.477. The van der Waals surface area contributed by atoms with Crippen molar-refractivity contribution in [3.8, 4) is 0 Å². The number of nitro groups is 1. The van der Waals surface area contributed by atoms with Crippen molar-refractivity contribution in [3.05, 3.63) is 87.3 Å². The summed E-state index contributed by atoms with van der Waals surface area (Å²) < 4.78 is 2.07. The minimum absolute atomic E-state index is 0.110. The number of rotatable bonds is 5. The lowest BCUT2D eigenvalue weighted by atomic mass is 9.91. The molecule has 1 N–H and O–H groups in total. The molecular formula is C21H20N2O3. The first-order valence-corrected chi connectivity index (χ1v) is 8.82. The Morgan fingerprint density at radius 1 is 1.15 bits per heavy atom. The standard InChI is InChI=1S/C21H20N2O3/c24-21(16-6-4-7-16)14-22-13-17(19-9-1-2-10-20(19)22)11-15-5-3-8-18(12-15)23(25)26/h1-3,5,8-10,12-13,24H,4,6-7,11,14H2. The first-order valence-electron chi connectivity index (χ1n) is 8.82. The van der Waals surface area contributed by atoms with Crippen LogP contribution in [0.1, 0.15) is 30.4 Å². The summed E-state index contributed by atoms with van der Waals surface area (Å²) in [5, 5.41) is 22.5. The van der Waals surface area contributed by atoms with Crippen LogP contribution in [0.3, 0.4) is 0 Å². The van der Waals surface area contributed by atoms with Crippen LogP contribution in [0.25, 0.3) is 10.9 Å². The molecule has 3 aromatic rings. The highest BCUT2D eigenvalue weighted by molar-refractivity contribution is 5.84. The molecule has 0 saturated heterocycles. The van der Waals surface area contributed by atoms with E-state index in [-0.39, 0.29) is 10.6 Å². The van der Waals surface area contributed by atoms with Crippen LogP contribution in [0, 0.1) is 10.1 Å². The maximum absolute atomic E-state index is 11.0. The van der Waals surface area contributed by atoms with Gasteiger partial charge in [0.1, 0.15) is 5.76 Å². The number of aromatic nitrogens is 1. The van der Waals surface area contributed by atoms with Crippen molar-refractivity contribution < 1.29 is 10.0 Å². The molecule has 1 saturated carbocycles. The first-order chi connectivity index (χ1) is 12.6. The third-order valence-corrected chi connectivity index (χ3v) is 5.07. The van der Waals surface area contributed by atoms with Gasteiger partial charge in [0.25, 0.3) is 5.69 Å². The molecule has 1 aliphatic rings. The molecule has 5 nitrogen and oxygen atoms in total. The van der Waals surface area contributed by atoms with Gasteiger partial charge >= 0.3 is 0 Å². The lowest BCUT2D eigenvalue weighted by molar-refractivity contribution is -0.384. The molecule has 1 fully saturated rings. The quantitative estimate of drug-likeness (QED) is 0.394. The smallest absolute Gasteiger partial charge is 0.269 e. The number of fused-ring (bicyclic) bond motifs is 1. The lowest BCUT2D eigenvalue weighted by Crippen LogP contribution is -2.07. The Balaban J connectivity index is 1.69. The van der Waals surface area contributed by atoms with E-state index in [1.54, 1.807) is 12.1 Å². The summed E-state index contributed by atoms with van der Waals surface area (Å²) >= 11 is 0. The van der Waals surface area contributed by atoms with Crippen LogP contribution in [0.4, 0.5) is 5.69 Å². The van der Waals surface area contributed by atoms with Gasteiger partial charge in [0.2, 0.25) is 0 Å². The van der Waals surface area contributed by atoms with Gasteiger partial charge in [0.05, 0.1) is 11.5 Å². The fourth-order valence-electron chi connectivity index (χ4n) is 3.51. The highest BCUT2D eigenvalue weighted by Crippen LogP contribution is 2.30. The monoisotopic (exact) mass is 348 g/mol. The number of benzene rings is 2. The predicted molar refractivity (Wildman–Crippen MR) is 101 cm³/mol. The van der Waals surface area contributed by atoms with E-state index in [2.05, 4.69) is 16.8 Å². The molecule has 0 amide bonds. The zero-order chi connectivity index (χ0) is 18.1. The summed E-state index contributed by atoms with van der Waals surface area (Å²) in [5.41, 5.74) is 4.34. The third-order valence-electron chi connectivity index (χ3n) is 5.07. The molecule has 0 unspecified atom stereocenters. The molecule has 0 atom stereocenters. The van der Waals surface area contributed by atoms with Gasteiger partial charge in [-0.15, -0.1) is 0 Å². The molecule has 1 aromatic heterocycles. The van der Waals surface area contributed by atoms with Gasteiger partial charge in [-0.25, -0.2) is 0 Å². The summed E-state index contributed by atoms with van der Waals surface area (Å²) in [4.78, 5) is 10.6. The van der Waals surface area contributed by atoms with E-state index in [1.807, 2.05) is 24.3 Å². The number of aliphatic hydroxyl groups is 1. The number of non-ortho nitro benzene ring substituents is 1. The maximum atomic E-state index is 11.0. The molecule has 0 aliphatic heterocycles. The minimum Gasteiger partial charge on any atom is -0.510 e. The van der Waals surface area contributed by atoms with Crippen molar-refractivity contribution in [1.29, 1.82) is 0 Å². The number of allylic oxidation sites excluding steroid dienone is 2. The van der Waals surface area contributed by atoms with E-state index >= 15 is 0 Å². The van der Waals surface area contributed by atoms with Crippen LogP contribution < -0.4 is 0 Å². The van der Waals surface area contributed by atoms with Crippen LogP contribution in [-0.2, 0) is 13.0 Å². The highest BCUT2D eigenvalue weighted by atomic mass is 16.6. The van der Waals surface area contributed by atoms with Crippen LogP contribution in [0.5, 0.6) is 0 Å². The first kappa shape index (κ1) is 16.4. The number of nitrogens with zero attached hydrogens (tertiary/aromatic N) is 2. The Hall–Kier alpha value is -3.08. The van der Waals surface area contributed by atoms with Gasteiger partial charge in [-0.3, -0.25) is 10.1 Å². The van der Waals surface area contributed by atoms with E-state index in [4.69, 9.17) is 0 Å². The zero-order valence-corrected chi connectivity index (χ0v) is 14.4. The molecule has 1 aliphatic carbocycles. The Labute approximate surface area is 151 Å². The van der Waals surface area contributed by atoms with Gasteiger partial charge in [-0.1, -0.05) is 30.3 Å². The topological polar surface area (TPSA) is 68.3 Å². The second-order valence-corrected chi connectivity index (χ2v) is 6.81. The normalized spacial score (nSPS) is 13.6. The van der Waals surface area contributed by atoms with Crippen molar-refractivity contribution in [3.63, 3.8) is 0 Å². The van der Waals surface area contributed by atoms with Gasteiger partial charge in [-0.2, -0.15) is 0 Å². The minimum atomic E-state index is -0.365. The molecule has 0 radical (unpaired) electrons. The van der Waals surface area contributed by atoms with Crippen LogP contribution >= 0.6 is 0 Å². The van der Waals surface area contributed by atoms with E-state index in [0.717, 1.165) is 46.9 Å². The number of hydrogen-bond donors (Lipinski definition) is 1. The molecule has 0 spiro atoms. The summed E-state index contributed by atoms with van der Waals surface area (Å²) in [7, 11) is 0. The average molecular weight is 348 g/mol. The fraction of sp³-hybridized carbons (Fsp3) is 0.238. The number of hydrogen-bond acceptors (Lipinski definition) is 3. The van der Waals surface area contributed by atoms with Crippen molar-refractivity contribution in [2.24, 2.45) is 0 Å². The van der Waals surface area contributed by atoms with Crippen LogP contribution in [0.15, 0.2) is 66.1 Å². The second kappa shape index (κ2) is 6.67. The Morgan fingerprint density at radius 2 is 1.96 bits per heavy atom. The van der Waals surface area contributed by atoms with E-state index < -0.39 is 0 Å². The fourth-order valence-corrected chi connectivity index (χ4v) is 3.51. The van der Waals surface area contributed by atoms with Crippen molar-refractivity contribution in [1.82, 2.24) is 4.57 Å². The van der Waals surface area contributed by atoms with Gasteiger partial charge in [0.15, 0.2) is 0 Å². The largest absolute Gasteiger partial charge is 0.510 e. The molecular weight excluding hydrogens is 328 g/mol. The Bertz CT molecular complexity index is 1010. The van der Waals surface area contributed by atoms with Crippen molar-refractivity contribution >= 4 is 16.6 Å². The predicted octanol–water partition coefficient (Wildman–Crippen LogP) is 5.14. The lowest BCUT2D eigenvalue weighted by Gasteiger charge is -2.19. The molecule has 0 bridgehead atoms. The summed E-state index contributed by atoms with van der Waals surface area (Å²) in [6, 6.07) is 14.9. The zero-order valence-electron chi connectivity index (χ0n) is 14.4. The Morgan fingerprint density at radius 3 is 2.69 bits per heavy atom. The van der Waals surface area contributed by atoms with Gasteiger partial charge < -0.3 is 9.67 Å². The van der Waals surface area contributed by atoms with Crippen molar-refractivity contribution in [2.45, 2.75) is 32.2 Å². The molecule has 26 heavy (non-hydrogen) atoms. The summed E-state index contributed by atoms with van der Waals surface area (Å²) in [6.07, 6.45) is 5.81. The van der Waals surface area contributed by atoms with Crippen LogP contribution in [0.2, 0.25) is 0 Å². The van der Waals surface area contributed by atoms with E-state index in [0.29, 0.717) is 18.7 Å². The van der Waals surface area contributed by atoms with Crippen molar-refractivity contribution in [2.75, 3.05) is 0 Å². The Kier molecular flexibility index (Phi) is 4.21. The van der Waals surface area contributed by atoms with Gasteiger partial charge in [0, 0.05) is 29.2 Å². The van der Waals surface area contributed by atoms with Crippen LogP contribution in [-0.4, -0.2) is 14.6 Å². The average Bonchev–Trinajstić information content (AvgIpc) is 2.91. The molecule has 4 rings (SSSR count).